The van der Waals surface area contributed by atoms with Crippen LogP contribution in [0, 0.1) is 11.3 Å². The van der Waals surface area contributed by atoms with Gasteiger partial charge in [0.2, 0.25) is 0 Å². The topological polar surface area (TPSA) is 57.5 Å². The maximum absolute atomic E-state index is 11.0. The van der Waals surface area contributed by atoms with Gasteiger partial charge in [0.15, 0.2) is 0 Å². The van der Waals surface area contributed by atoms with Gasteiger partial charge in [-0.2, -0.15) is 0 Å². The zero-order valence-corrected chi connectivity index (χ0v) is 11.2. The molecular formula is C15H22O3. The standard InChI is InChI=1S/C15H22O3/c1-9-5-4-6-15(3)8-13(16)11(7-12(9)15)10(2)14(17)18/h11,13,16H,2,4-8H2,1,3H3,(H,17,18)/t11-,13+,15+/m1/s1. The maximum atomic E-state index is 11.0. The largest absolute Gasteiger partial charge is 0.478 e. The minimum absolute atomic E-state index is 0.0665. The minimum atomic E-state index is -0.989. The van der Waals surface area contributed by atoms with Crippen LogP contribution in [0.3, 0.4) is 0 Å². The van der Waals surface area contributed by atoms with Gasteiger partial charge in [-0.3, -0.25) is 0 Å². The van der Waals surface area contributed by atoms with Crippen LogP contribution in [0.2, 0.25) is 0 Å². The van der Waals surface area contributed by atoms with Crippen LogP contribution in [-0.4, -0.2) is 22.3 Å². The molecule has 1 saturated carbocycles. The van der Waals surface area contributed by atoms with Gasteiger partial charge in [0.1, 0.15) is 0 Å². The van der Waals surface area contributed by atoms with Crippen LogP contribution in [0.25, 0.3) is 0 Å². The summed E-state index contributed by atoms with van der Waals surface area (Å²) in [5, 5.41) is 19.3. The van der Waals surface area contributed by atoms with Crippen LogP contribution in [0.15, 0.2) is 23.3 Å². The Hall–Kier alpha value is -1.09. The van der Waals surface area contributed by atoms with Gasteiger partial charge >= 0.3 is 5.97 Å². The first kappa shape index (κ1) is 13.3. The molecule has 2 N–H and O–H groups in total. The lowest BCUT2D eigenvalue weighted by atomic mass is 9.60. The lowest BCUT2D eigenvalue weighted by molar-refractivity contribution is -0.134. The molecule has 2 aliphatic carbocycles. The van der Waals surface area contributed by atoms with Gasteiger partial charge in [0.25, 0.3) is 0 Å². The van der Waals surface area contributed by atoms with Crippen molar-refractivity contribution in [1.82, 2.24) is 0 Å². The molecule has 0 bridgehead atoms. The molecule has 1 fully saturated rings. The second-order valence-corrected chi connectivity index (χ2v) is 6.09. The van der Waals surface area contributed by atoms with Crippen molar-refractivity contribution in [1.29, 1.82) is 0 Å². The van der Waals surface area contributed by atoms with E-state index < -0.39 is 12.1 Å². The molecule has 0 unspecified atom stereocenters. The highest BCUT2D eigenvalue weighted by Crippen LogP contribution is 2.52. The summed E-state index contributed by atoms with van der Waals surface area (Å²) in [6, 6.07) is 0. The number of rotatable bonds is 2. The fraction of sp³-hybridized carbons (Fsp3) is 0.667. The minimum Gasteiger partial charge on any atom is -0.478 e. The third-order valence-electron chi connectivity index (χ3n) is 4.79. The third kappa shape index (κ3) is 2.12. The van der Waals surface area contributed by atoms with Gasteiger partial charge in [-0.15, -0.1) is 0 Å². The summed E-state index contributed by atoms with van der Waals surface area (Å²) in [4.78, 5) is 11.0. The van der Waals surface area contributed by atoms with E-state index in [9.17, 15) is 9.90 Å². The molecule has 2 rings (SSSR count). The zero-order valence-electron chi connectivity index (χ0n) is 11.2. The Morgan fingerprint density at radius 3 is 2.78 bits per heavy atom. The van der Waals surface area contributed by atoms with E-state index in [0.29, 0.717) is 12.8 Å². The fourth-order valence-corrected chi connectivity index (χ4v) is 3.68. The van der Waals surface area contributed by atoms with Crippen LogP contribution in [-0.2, 0) is 4.79 Å². The third-order valence-corrected chi connectivity index (χ3v) is 4.79. The molecule has 100 valence electrons. The Morgan fingerprint density at radius 2 is 2.17 bits per heavy atom. The number of aliphatic hydroxyl groups is 1. The van der Waals surface area contributed by atoms with Gasteiger partial charge in [-0.1, -0.05) is 24.6 Å². The monoisotopic (exact) mass is 250 g/mol. The molecule has 0 aliphatic heterocycles. The number of aliphatic carboxylic acids is 1. The number of fused-ring (bicyclic) bond motifs is 1. The van der Waals surface area contributed by atoms with E-state index in [1.54, 1.807) is 0 Å². The average Bonchev–Trinajstić information content (AvgIpc) is 2.26. The second-order valence-electron chi connectivity index (χ2n) is 6.09. The highest BCUT2D eigenvalue weighted by Gasteiger charge is 2.44. The van der Waals surface area contributed by atoms with Crippen molar-refractivity contribution >= 4 is 5.97 Å². The number of aliphatic hydroxyl groups excluding tert-OH is 1. The Labute approximate surface area is 108 Å². The molecule has 0 saturated heterocycles. The Bertz CT molecular complexity index is 421. The van der Waals surface area contributed by atoms with E-state index >= 15 is 0 Å². The van der Waals surface area contributed by atoms with Gasteiger partial charge in [0, 0.05) is 11.5 Å². The van der Waals surface area contributed by atoms with Crippen LogP contribution < -0.4 is 0 Å². The van der Waals surface area contributed by atoms with Crippen molar-refractivity contribution in [2.24, 2.45) is 11.3 Å². The van der Waals surface area contributed by atoms with Gasteiger partial charge in [-0.05, 0) is 44.4 Å². The van der Waals surface area contributed by atoms with Crippen molar-refractivity contribution in [2.75, 3.05) is 0 Å². The van der Waals surface area contributed by atoms with Gasteiger partial charge < -0.3 is 10.2 Å². The molecule has 0 heterocycles. The summed E-state index contributed by atoms with van der Waals surface area (Å²) in [5.41, 5.74) is 2.97. The van der Waals surface area contributed by atoms with E-state index in [2.05, 4.69) is 20.4 Å². The van der Waals surface area contributed by atoms with Crippen LogP contribution in [0.4, 0.5) is 0 Å². The Balaban J connectivity index is 2.31. The highest BCUT2D eigenvalue weighted by atomic mass is 16.4. The summed E-state index contributed by atoms with van der Waals surface area (Å²) >= 11 is 0. The summed E-state index contributed by atoms with van der Waals surface area (Å²) in [6.45, 7) is 7.98. The second kappa shape index (κ2) is 4.54. The molecule has 0 amide bonds. The number of allylic oxidation sites excluding steroid dienone is 2. The summed E-state index contributed by atoms with van der Waals surface area (Å²) in [6.07, 6.45) is 4.12. The number of carboxylic acid groups (broad SMARTS) is 1. The normalized spacial score (nSPS) is 36.2. The van der Waals surface area contributed by atoms with E-state index in [4.69, 9.17) is 5.11 Å². The van der Waals surface area contributed by atoms with Crippen molar-refractivity contribution in [3.05, 3.63) is 23.3 Å². The van der Waals surface area contributed by atoms with E-state index in [1.165, 1.54) is 17.6 Å². The molecule has 0 aromatic carbocycles. The predicted molar refractivity (Wildman–Crippen MR) is 70.2 cm³/mol. The van der Waals surface area contributed by atoms with Crippen molar-refractivity contribution in [3.63, 3.8) is 0 Å². The lowest BCUT2D eigenvalue weighted by Gasteiger charge is -2.46. The number of carboxylic acids is 1. The zero-order chi connectivity index (χ0) is 13.5. The molecule has 18 heavy (non-hydrogen) atoms. The molecule has 0 spiro atoms. The number of carbonyl (C=O) groups is 1. The fourth-order valence-electron chi connectivity index (χ4n) is 3.68. The quantitative estimate of drug-likeness (QED) is 0.585. The van der Waals surface area contributed by atoms with Crippen molar-refractivity contribution in [3.8, 4) is 0 Å². The molecule has 2 aliphatic rings. The highest BCUT2D eigenvalue weighted by molar-refractivity contribution is 5.86. The first-order valence-electron chi connectivity index (χ1n) is 6.64. The van der Waals surface area contributed by atoms with E-state index in [-0.39, 0.29) is 16.9 Å². The van der Waals surface area contributed by atoms with Crippen molar-refractivity contribution in [2.45, 2.75) is 52.1 Å². The molecular weight excluding hydrogens is 228 g/mol. The lowest BCUT2D eigenvalue weighted by Crippen LogP contribution is -2.40. The average molecular weight is 250 g/mol. The summed E-state index contributed by atoms with van der Waals surface area (Å²) < 4.78 is 0. The van der Waals surface area contributed by atoms with Crippen molar-refractivity contribution < 1.29 is 15.0 Å². The SMILES string of the molecule is C=C(C(=O)O)[C@H]1CC2=C(C)CCC[C@@]2(C)C[C@@H]1O. The van der Waals surface area contributed by atoms with Gasteiger partial charge in [0.05, 0.1) is 6.10 Å². The summed E-state index contributed by atoms with van der Waals surface area (Å²) in [7, 11) is 0. The van der Waals surface area contributed by atoms with Crippen LogP contribution >= 0.6 is 0 Å². The molecule has 3 heteroatoms. The van der Waals surface area contributed by atoms with E-state index in [0.717, 1.165) is 12.8 Å². The van der Waals surface area contributed by atoms with Crippen LogP contribution in [0.1, 0.15) is 46.0 Å². The van der Waals surface area contributed by atoms with Crippen LogP contribution in [0.5, 0.6) is 0 Å². The molecule has 3 atom stereocenters. The summed E-state index contributed by atoms with van der Waals surface area (Å²) in [5.74, 6) is -1.31. The molecule has 0 aromatic heterocycles. The molecule has 0 radical (unpaired) electrons. The predicted octanol–water partition coefficient (Wildman–Crippen LogP) is 2.90. The maximum Gasteiger partial charge on any atom is 0.331 e. The first-order valence-corrected chi connectivity index (χ1v) is 6.64. The smallest absolute Gasteiger partial charge is 0.331 e. The Kier molecular flexibility index (Phi) is 3.37. The number of hydrogen-bond donors (Lipinski definition) is 2. The molecule has 0 aromatic rings. The Morgan fingerprint density at radius 1 is 1.50 bits per heavy atom. The van der Waals surface area contributed by atoms with E-state index in [1.807, 2.05) is 0 Å². The van der Waals surface area contributed by atoms with Gasteiger partial charge in [-0.25, -0.2) is 4.79 Å². The molecule has 3 nitrogen and oxygen atoms in total. The first-order chi connectivity index (χ1) is 8.35. The number of hydrogen-bond acceptors (Lipinski definition) is 2.